The normalized spacial score (nSPS) is 10.7. The van der Waals surface area contributed by atoms with Gasteiger partial charge in [-0.2, -0.15) is 0 Å². The summed E-state index contributed by atoms with van der Waals surface area (Å²) < 4.78 is 10.4. The van der Waals surface area contributed by atoms with Crippen molar-refractivity contribution in [2.24, 2.45) is 5.16 Å². The highest BCUT2D eigenvalue weighted by Crippen LogP contribution is 2.29. The Kier molecular flexibility index (Phi) is 3.43. The second kappa shape index (κ2) is 5.18. The van der Waals surface area contributed by atoms with Crippen molar-refractivity contribution in [1.29, 1.82) is 0 Å². The molecule has 0 atom stereocenters. The summed E-state index contributed by atoms with van der Waals surface area (Å²) >= 11 is 0. The molecule has 0 saturated heterocycles. The summed E-state index contributed by atoms with van der Waals surface area (Å²) in [6.07, 6.45) is 1.07. The molecule has 1 aromatic heterocycles. The van der Waals surface area contributed by atoms with Crippen LogP contribution in [0.4, 0.5) is 0 Å². The molecule has 92 valence electrons. The monoisotopic (exact) mass is 245 g/mol. The Hall–Kier alpha value is -2.56. The molecule has 0 unspecified atom stereocenters. The predicted molar refractivity (Wildman–Crippen MR) is 64.8 cm³/mol. The van der Waals surface area contributed by atoms with E-state index in [1.807, 2.05) is 30.3 Å². The van der Waals surface area contributed by atoms with Crippen LogP contribution in [0.3, 0.4) is 0 Å². The molecule has 1 N–H and O–H groups in total. The van der Waals surface area contributed by atoms with E-state index in [1.165, 1.54) is 6.92 Å². The van der Waals surface area contributed by atoms with Gasteiger partial charge in [0.15, 0.2) is 11.5 Å². The Bertz CT molecular complexity index is 572. The minimum atomic E-state index is -0.469. The van der Waals surface area contributed by atoms with E-state index in [0.29, 0.717) is 5.76 Å². The zero-order chi connectivity index (χ0) is 13.0. The van der Waals surface area contributed by atoms with Gasteiger partial charge in [0.1, 0.15) is 12.0 Å². The lowest BCUT2D eigenvalue weighted by Crippen LogP contribution is -2.01. The SMILES string of the molecule is CC(=O)Oc1cc(-c2ccccc2)oc1/C=N/O. The first-order valence-corrected chi connectivity index (χ1v) is 5.26. The van der Waals surface area contributed by atoms with Gasteiger partial charge < -0.3 is 14.4 Å². The summed E-state index contributed by atoms with van der Waals surface area (Å²) in [5.74, 6) is 0.468. The Labute approximate surface area is 103 Å². The number of hydrogen-bond acceptors (Lipinski definition) is 5. The first-order chi connectivity index (χ1) is 8.70. The Morgan fingerprint density at radius 2 is 2.11 bits per heavy atom. The maximum atomic E-state index is 10.9. The van der Waals surface area contributed by atoms with Crippen molar-refractivity contribution in [1.82, 2.24) is 0 Å². The number of rotatable bonds is 3. The minimum Gasteiger partial charge on any atom is -0.451 e. The fourth-order valence-electron chi connectivity index (χ4n) is 1.51. The van der Waals surface area contributed by atoms with Gasteiger partial charge in [-0.25, -0.2) is 0 Å². The van der Waals surface area contributed by atoms with Crippen LogP contribution in [0.25, 0.3) is 11.3 Å². The van der Waals surface area contributed by atoms with Crippen molar-refractivity contribution in [3.63, 3.8) is 0 Å². The Balaban J connectivity index is 2.42. The molecule has 18 heavy (non-hydrogen) atoms. The molecule has 0 saturated carbocycles. The molecule has 0 spiro atoms. The molecule has 0 amide bonds. The van der Waals surface area contributed by atoms with E-state index in [1.54, 1.807) is 6.07 Å². The van der Waals surface area contributed by atoms with E-state index in [-0.39, 0.29) is 11.5 Å². The lowest BCUT2D eigenvalue weighted by molar-refractivity contribution is -0.131. The average molecular weight is 245 g/mol. The molecule has 0 fully saturated rings. The molecule has 2 rings (SSSR count). The summed E-state index contributed by atoms with van der Waals surface area (Å²) in [5, 5.41) is 11.4. The molecule has 2 aromatic rings. The fraction of sp³-hybridized carbons (Fsp3) is 0.0769. The third-order valence-electron chi connectivity index (χ3n) is 2.21. The fourth-order valence-corrected chi connectivity index (χ4v) is 1.51. The smallest absolute Gasteiger partial charge is 0.308 e. The van der Waals surface area contributed by atoms with Gasteiger partial charge in [-0.15, -0.1) is 0 Å². The quantitative estimate of drug-likeness (QED) is 0.390. The number of ether oxygens (including phenoxy) is 1. The number of carbonyl (C=O) groups is 1. The van der Waals surface area contributed by atoms with Crippen molar-refractivity contribution in [2.75, 3.05) is 0 Å². The Morgan fingerprint density at radius 3 is 2.72 bits per heavy atom. The number of hydrogen-bond donors (Lipinski definition) is 1. The van der Waals surface area contributed by atoms with Crippen molar-refractivity contribution in [3.05, 3.63) is 42.2 Å². The van der Waals surface area contributed by atoms with E-state index >= 15 is 0 Å². The van der Waals surface area contributed by atoms with Gasteiger partial charge >= 0.3 is 5.97 Å². The number of nitrogens with zero attached hydrogens (tertiary/aromatic N) is 1. The summed E-state index contributed by atoms with van der Waals surface area (Å²) in [6.45, 7) is 1.29. The Morgan fingerprint density at radius 1 is 1.39 bits per heavy atom. The maximum absolute atomic E-state index is 10.9. The number of carbonyl (C=O) groups excluding carboxylic acids is 1. The van der Waals surface area contributed by atoms with Crippen molar-refractivity contribution in [2.45, 2.75) is 6.92 Å². The summed E-state index contributed by atoms with van der Waals surface area (Å²) in [5.41, 5.74) is 0.837. The molecule has 0 radical (unpaired) electrons. The largest absolute Gasteiger partial charge is 0.451 e. The zero-order valence-corrected chi connectivity index (χ0v) is 9.66. The van der Waals surface area contributed by atoms with E-state index in [4.69, 9.17) is 14.4 Å². The third-order valence-corrected chi connectivity index (χ3v) is 2.21. The topological polar surface area (TPSA) is 72.0 Å². The van der Waals surface area contributed by atoms with Crippen molar-refractivity contribution >= 4 is 12.2 Å². The molecule has 1 heterocycles. The van der Waals surface area contributed by atoms with Gasteiger partial charge in [-0.05, 0) is 0 Å². The van der Waals surface area contributed by atoms with Crippen LogP contribution in [-0.2, 0) is 4.79 Å². The molecule has 0 bridgehead atoms. The number of furan rings is 1. The van der Waals surface area contributed by atoms with Crippen LogP contribution in [0.2, 0.25) is 0 Å². The van der Waals surface area contributed by atoms with E-state index in [9.17, 15) is 4.79 Å². The highest BCUT2D eigenvalue weighted by atomic mass is 16.5. The highest BCUT2D eigenvalue weighted by Gasteiger charge is 2.14. The van der Waals surface area contributed by atoms with Crippen LogP contribution in [0.5, 0.6) is 5.75 Å². The maximum Gasteiger partial charge on any atom is 0.308 e. The van der Waals surface area contributed by atoms with E-state index < -0.39 is 5.97 Å². The van der Waals surface area contributed by atoms with Crippen LogP contribution in [-0.4, -0.2) is 17.4 Å². The highest BCUT2D eigenvalue weighted by molar-refractivity contribution is 5.83. The molecule has 5 nitrogen and oxygen atoms in total. The zero-order valence-electron chi connectivity index (χ0n) is 9.66. The second-order valence-corrected chi connectivity index (χ2v) is 3.54. The average Bonchev–Trinajstić information content (AvgIpc) is 2.73. The first-order valence-electron chi connectivity index (χ1n) is 5.26. The van der Waals surface area contributed by atoms with Crippen molar-refractivity contribution < 1.29 is 19.2 Å². The molecular formula is C13H11NO4. The summed E-state index contributed by atoms with van der Waals surface area (Å²) in [6, 6.07) is 10.9. The van der Waals surface area contributed by atoms with Gasteiger partial charge in [0.05, 0.1) is 0 Å². The molecule has 0 aliphatic heterocycles. The van der Waals surface area contributed by atoms with Crippen LogP contribution in [0.1, 0.15) is 12.7 Å². The lowest BCUT2D eigenvalue weighted by atomic mass is 10.2. The van der Waals surface area contributed by atoms with Crippen LogP contribution < -0.4 is 4.74 Å². The minimum absolute atomic E-state index is 0.187. The van der Waals surface area contributed by atoms with Crippen LogP contribution >= 0.6 is 0 Å². The van der Waals surface area contributed by atoms with E-state index in [2.05, 4.69) is 5.16 Å². The summed E-state index contributed by atoms with van der Waals surface area (Å²) in [4.78, 5) is 10.9. The summed E-state index contributed by atoms with van der Waals surface area (Å²) in [7, 11) is 0. The van der Waals surface area contributed by atoms with Gasteiger partial charge in [-0.1, -0.05) is 35.5 Å². The third kappa shape index (κ3) is 2.57. The molecular weight excluding hydrogens is 234 g/mol. The van der Waals surface area contributed by atoms with Crippen molar-refractivity contribution in [3.8, 4) is 17.1 Å². The predicted octanol–water partition coefficient (Wildman–Crippen LogP) is 2.68. The molecule has 1 aromatic carbocycles. The standard InChI is InChI=1S/C13H11NO4/c1-9(15)17-12-7-11(18-13(12)8-14-16)10-5-3-2-4-6-10/h2-8,16H,1H3/b14-8+. The first kappa shape index (κ1) is 11.9. The van der Waals surface area contributed by atoms with Crippen LogP contribution in [0, 0.1) is 0 Å². The number of esters is 1. The lowest BCUT2D eigenvalue weighted by Gasteiger charge is -1.95. The van der Waals surface area contributed by atoms with Gasteiger partial charge in [0.2, 0.25) is 0 Å². The van der Waals surface area contributed by atoms with Gasteiger partial charge in [-0.3, -0.25) is 4.79 Å². The number of oxime groups is 1. The van der Waals surface area contributed by atoms with E-state index in [0.717, 1.165) is 11.8 Å². The second-order valence-electron chi connectivity index (χ2n) is 3.54. The molecule has 0 aliphatic carbocycles. The molecule has 0 aliphatic rings. The van der Waals surface area contributed by atoms with Gasteiger partial charge in [0, 0.05) is 18.6 Å². The van der Waals surface area contributed by atoms with Gasteiger partial charge in [0.25, 0.3) is 0 Å². The number of benzene rings is 1. The van der Waals surface area contributed by atoms with Crippen LogP contribution in [0.15, 0.2) is 46.0 Å². The molecule has 5 heteroatoms.